The maximum atomic E-state index is 13.3. The van der Waals surface area contributed by atoms with Crippen molar-refractivity contribution >= 4 is 23.1 Å². The lowest BCUT2D eigenvalue weighted by molar-refractivity contribution is 0.509. The number of fused-ring (bicyclic) bond motifs is 1. The molecule has 0 radical (unpaired) electrons. The second kappa shape index (κ2) is 4.64. The van der Waals surface area contributed by atoms with Crippen molar-refractivity contribution in [1.29, 1.82) is 0 Å². The van der Waals surface area contributed by atoms with Crippen molar-refractivity contribution in [2.75, 3.05) is 0 Å². The second-order valence-electron chi connectivity index (χ2n) is 4.08. The van der Waals surface area contributed by atoms with Gasteiger partial charge in [-0.25, -0.2) is 13.8 Å². The monoisotopic (exact) mass is 293 g/mol. The van der Waals surface area contributed by atoms with Gasteiger partial charge in [-0.3, -0.25) is 4.40 Å². The standard InChI is InChI=1S/C13H6ClF2N3O/c14-8-3-4-19-11(6-8)17-12(13(19)18-20)7-1-2-9(15)10(16)5-7/h1-6H. The van der Waals surface area contributed by atoms with Crippen LogP contribution in [0.15, 0.2) is 41.7 Å². The van der Waals surface area contributed by atoms with Crippen molar-refractivity contribution in [2.24, 2.45) is 5.18 Å². The summed E-state index contributed by atoms with van der Waals surface area (Å²) in [6, 6.07) is 6.37. The van der Waals surface area contributed by atoms with Gasteiger partial charge in [0.2, 0.25) is 5.82 Å². The summed E-state index contributed by atoms with van der Waals surface area (Å²) in [6.45, 7) is 0. The molecule has 0 saturated carbocycles. The Morgan fingerprint density at radius 2 is 1.95 bits per heavy atom. The Bertz CT molecular complexity index is 832. The fourth-order valence-electron chi connectivity index (χ4n) is 1.93. The van der Waals surface area contributed by atoms with Gasteiger partial charge in [0, 0.05) is 22.8 Å². The van der Waals surface area contributed by atoms with Crippen LogP contribution >= 0.6 is 11.6 Å². The molecule has 0 aliphatic rings. The Morgan fingerprint density at radius 1 is 1.15 bits per heavy atom. The van der Waals surface area contributed by atoms with Crippen LogP contribution in [0.5, 0.6) is 0 Å². The van der Waals surface area contributed by atoms with Gasteiger partial charge in [-0.05, 0) is 29.4 Å². The number of pyridine rings is 1. The molecule has 0 fully saturated rings. The first-order chi connectivity index (χ1) is 9.60. The van der Waals surface area contributed by atoms with Gasteiger partial charge in [0.1, 0.15) is 11.3 Å². The quantitative estimate of drug-likeness (QED) is 0.660. The van der Waals surface area contributed by atoms with Gasteiger partial charge in [0.25, 0.3) is 0 Å². The normalized spacial score (nSPS) is 10.9. The highest BCUT2D eigenvalue weighted by atomic mass is 35.5. The van der Waals surface area contributed by atoms with Crippen molar-refractivity contribution in [1.82, 2.24) is 9.38 Å². The molecule has 3 rings (SSSR count). The molecule has 3 aromatic rings. The Balaban J connectivity index is 2.29. The number of aromatic nitrogens is 2. The third-order valence-corrected chi connectivity index (χ3v) is 3.08. The molecule has 100 valence electrons. The molecule has 0 aliphatic carbocycles. The summed E-state index contributed by atoms with van der Waals surface area (Å²) in [5, 5.41) is 3.35. The molecule has 7 heteroatoms. The maximum Gasteiger partial charge on any atom is 0.209 e. The van der Waals surface area contributed by atoms with Crippen molar-refractivity contribution in [3.8, 4) is 11.3 Å². The summed E-state index contributed by atoms with van der Waals surface area (Å²) in [7, 11) is 0. The lowest BCUT2D eigenvalue weighted by Crippen LogP contribution is -1.86. The van der Waals surface area contributed by atoms with Crippen LogP contribution < -0.4 is 0 Å². The topological polar surface area (TPSA) is 46.7 Å². The van der Waals surface area contributed by atoms with Gasteiger partial charge in [0.15, 0.2) is 11.6 Å². The van der Waals surface area contributed by atoms with E-state index in [4.69, 9.17) is 11.6 Å². The highest BCUT2D eigenvalue weighted by Gasteiger charge is 2.16. The first kappa shape index (κ1) is 12.7. The molecule has 0 aliphatic heterocycles. The van der Waals surface area contributed by atoms with E-state index in [1.165, 1.54) is 16.7 Å². The van der Waals surface area contributed by atoms with Crippen molar-refractivity contribution in [3.05, 3.63) is 58.1 Å². The molecule has 0 N–H and O–H groups in total. The molecule has 0 bridgehead atoms. The predicted molar refractivity (Wildman–Crippen MR) is 71.0 cm³/mol. The first-order valence-electron chi connectivity index (χ1n) is 5.56. The molecule has 4 nitrogen and oxygen atoms in total. The van der Waals surface area contributed by atoms with Crippen LogP contribution in [0.25, 0.3) is 16.9 Å². The predicted octanol–water partition coefficient (Wildman–Crippen LogP) is 4.33. The summed E-state index contributed by atoms with van der Waals surface area (Å²) in [4.78, 5) is 15.2. The lowest BCUT2D eigenvalue weighted by Gasteiger charge is -1.99. The fraction of sp³-hybridized carbons (Fsp3) is 0. The number of nitrogens with zero attached hydrogens (tertiary/aromatic N) is 3. The van der Waals surface area contributed by atoms with Crippen molar-refractivity contribution in [2.45, 2.75) is 0 Å². The van der Waals surface area contributed by atoms with E-state index in [1.807, 2.05) is 0 Å². The second-order valence-corrected chi connectivity index (χ2v) is 4.51. The third-order valence-electron chi connectivity index (χ3n) is 2.84. The molecule has 20 heavy (non-hydrogen) atoms. The molecule has 0 atom stereocenters. The minimum absolute atomic E-state index is 0.00248. The van der Waals surface area contributed by atoms with E-state index in [9.17, 15) is 13.7 Å². The SMILES string of the molecule is O=Nc1c(-c2ccc(F)c(F)c2)nc2cc(Cl)ccn12. The van der Waals surface area contributed by atoms with Crippen LogP contribution in [0.2, 0.25) is 5.02 Å². The minimum Gasteiger partial charge on any atom is -0.281 e. The Labute approximate surface area is 116 Å². The Morgan fingerprint density at radius 3 is 2.65 bits per heavy atom. The number of imidazole rings is 1. The first-order valence-corrected chi connectivity index (χ1v) is 5.94. The molecule has 0 saturated heterocycles. The fourth-order valence-corrected chi connectivity index (χ4v) is 2.09. The number of nitroso groups, excluding NO2 is 1. The van der Waals surface area contributed by atoms with Crippen LogP contribution in [0.3, 0.4) is 0 Å². The zero-order valence-corrected chi connectivity index (χ0v) is 10.6. The van der Waals surface area contributed by atoms with Gasteiger partial charge in [-0.2, -0.15) is 0 Å². The maximum absolute atomic E-state index is 13.3. The van der Waals surface area contributed by atoms with Gasteiger partial charge >= 0.3 is 0 Å². The number of benzene rings is 1. The number of hydrogen-bond acceptors (Lipinski definition) is 3. The van der Waals surface area contributed by atoms with Crippen LogP contribution in [0.1, 0.15) is 0 Å². The summed E-state index contributed by atoms with van der Waals surface area (Å²) in [6.07, 6.45) is 1.53. The van der Waals surface area contributed by atoms with Crippen molar-refractivity contribution in [3.63, 3.8) is 0 Å². The smallest absolute Gasteiger partial charge is 0.209 e. The Hall–Kier alpha value is -2.34. The highest BCUT2D eigenvalue weighted by Crippen LogP contribution is 2.32. The molecular weight excluding hydrogens is 288 g/mol. The number of hydrogen-bond donors (Lipinski definition) is 0. The van der Waals surface area contributed by atoms with E-state index in [0.29, 0.717) is 10.7 Å². The molecule has 0 unspecified atom stereocenters. The number of halogens is 3. The van der Waals surface area contributed by atoms with Crippen LogP contribution in [-0.4, -0.2) is 9.38 Å². The summed E-state index contributed by atoms with van der Waals surface area (Å²) in [5.41, 5.74) is 0.825. The van der Waals surface area contributed by atoms with Crippen molar-refractivity contribution < 1.29 is 8.78 Å². The molecule has 1 aromatic carbocycles. The number of rotatable bonds is 2. The van der Waals surface area contributed by atoms with E-state index >= 15 is 0 Å². The van der Waals surface area contributed by atoms with Gasteiger partial charge < -0.3 is 0 Å². The average Bonchev–Trinajstić information content (AvgIpc) is 2.79. The van der Waals surface area contributed by atoms with Crippen LogP contribution in [-0.2, 0) is 0 Å². The lowest BCUT2D eigenvalue weighted by atomic mass is 10.1. The largest absolute Gasteiger partial charge is 0.281 e. The minimum atomic E-state index is -1.02. The van der Waals surface area contributed by atoms with Crippen LogP contribution in [0, 0.1) is 16.5 Å². The Kier molecular flexibility index (Phi) is 2.94. The van der Waals surface area contributed by atoms with E-state index in [1.54, 1.807) is 12.1 Å². The zero-order valence-electron chi connectivity index (χ0n) is 9.85. The van der Waals surface area contributed by atoms with Gasteiger partial charge in [0.05, 0.1) is 0 Å². The summed E-state index contributed by atoms with van der Waals surface area (Å²) in [5.74, 6) is -1.99. The van der Waals surface area contributed by atoms with E-state index in [2.05, 4.69) is 10.2 Å². The molecule has 2 aromatic heterocycles. The summed E-state index contributed by atoms with van der Waals surface area (Å²) < 4.78 is 27.7. The molecular formula is C13H6ClF2N3O. The van der Waals surface area contributed by atoms with Gasteiger partial charge in [-0.1, -0.05) is 11.6 Å². The summed E-state index contributed by atoms with van der Waals surface area (Å²) >= 11 is 5.84. The average molecular weight is 294 g/mol. The molecule has 0 amide bonds. The molecule has 2 heterocycles. The van der Waals surface area contributed by atoms with E-state index < -0.39 is 11.6 Å². The van der Waals surface area contributed by atoms with Crippen LogP contribution in [0.4, 0.5) is 14.6 Å². The van der Waals surface area contributed by atoms with E-state index in [0.717, 1.165) is 12.1 Å². The third kappa shape index (κ3) is 1.94. The molecule has 0 spiro atoms. The van der Waals surface area contributed by atoms with Gasteiger partial charge in [-0.15, -0.1) is 4.91 Å². The highest BCUT2D eigenvalue weighted by molar-refractivity contribution is 6.30. The zero-order chi connectivity index (χ0) is 14.3. The van der Waals surface area contributed by atoms with E-state index in [-0.39, 0.29) is 17.1 Å².